The van der Waals surface area contributed by atoms with Crippen LogP contribution in [0.15, 0.2) is 36.9 Å². The summed E-state index contributed by atoms with van der Waals surface area (Å²) < 4.78 is 28.2. The molecule has 5 atom stereocenters. The molecule has 0 saturated carbocycles. The number of nitrogen functional groups attached to an aromatic ring is 1. The summed E-state index contributed by atoms with van der Waals surface area (Å²) in [7, 11) is 1.47. The Kier molecular flexibility index (Phi) is 9.40. The standard InChI is InChI=1S/C22H26N5O11PS/c1-34-12-4-2-11(3-5-12)21(31)37-17-16(30)14(8-35-22(13(29)6-7-28)38-39(32,33)40)36-20(17)27-10-26-15-18(23)24-9-25-19(15)27/h2-5,9-10,14,16-17,20,22,28,30H,6-8H2,1H3,(H2,23,24,25)(H2,32,33,40). The SMILES string of the molecule is COc1ccc(C(=O)OC2C(O)C(COC(OP(O)(O)=S)C(=O)CCO)OC2n2cnc3c(N)ncnc32)cc1. The zero-order chi connectivity index (χ0) is 29.0. The Morgan fingerprint density at radius 3 is 2.60 bits per heavy atom. The molecular weight excluding hydrogens is 573 g/mol. The second-order valence-electron chi connectivity index (χ2n) is 8.44. The van der Waals surface area contributed by atoms with Crippen LogP contribution in [0.3, 0.4) is 0 Å². The third-order valence-electron chi connectivity index (χ3n) is 5.81. The van der Waals surface area contributed by atoms with Gasteiger partial charge in [0.1, 0.15) is 29.8 Å². The number of aromatic nitrogens is 4. The van der Waals surface area contributed by atoms with Gasteiger partial charge in [-0.2, -0.15) is 0 Å². The minimum absolute atomic E-state index is 0.0834. The molecule has 0 aliphatic carbocycles. The van der Waals surface area contributed by atoms with E-state index in [1.54, 1.807) is 12.1 Å². The Labute approximate surface area is 231 Å². The highest BCUT2D eigenvalue weighted by Crippen LogP contribution is 2.39. The predicted octanol–water partition coefficient (Wildman–Crippen LogP) is -0.579. The lowest BCUT2D eigenvalue weighted by Crippen LogP contribution is -2.39. The molecule has 1 aliphatic rings. The van der Waals surface area contributed by atoms with Gasteiger partial charge >= 0.3 is 12.7 Å². The first-order chi connectivity index (χ1) is 19.0. The van der Waals surface area contributed by atoms with Crippen LogP contribution < -0.4 is 10.5 Å². The number of benzene rings is 1. The number of nitrogens with zero attached hydrogens (tertiary/aromatic N) is 4. The van der Waals surface area contributed by atoms with Crippen molar-refractivity contribution in [1.82, 2.24) is 19.5 Å². The van der Waals surface area contributed by atoms with E-state index in [0.717, 1.165) is 0 Å². The lowest BCUT2D eigenvalue weighted by atomic mass is 10.1. The molecule has 0 bridgehead atoms. The third kappa shape index (κ3) is 6.77. The number of aliphatic hydroxyl groups is 2. The monoisotopic (exact) mass is 599 g/mol. The van der Waals surface area contributed by atoms with Gasteiger partial charge in [-0.25, -0.2) is 19.7 Å². The van der Waals surface area contributed by atoms with E-state index < -0.39 is 68.9 Å². The van der Waals surface area contributed by atoms with Gasteiger partial charge in [-0.1, -0.05) is 0 Å². The van der Waals surface area contributed by atoms with Crippen molar-refractivity contribution in [2.45, 2.75) is 37.3 Å². The zero-order valence-corrected chi connectivity index (χ0v) is 22.6. The van der Waals surface area contributed by atoms with Gasteiger partial charge in [0.25, 0.3) is 0 Å². The van der Waals surface area contributed by atoms with Gasteiger partial charge in [0.15, 0.2) is 29.6 Å². The Morgan fingerprint density at radius 2 is 1.95 bits per heavy atom. The van der Waals surface area contributed by atoms with E-state index in [4.69, 9.17) is 34.3 Å². The number of rotatable bonds is 12. The highest BCUT2D eigenvalue weighted by molar-refractivity contribution is 8.06. The molecule has 2 aromatic heterocycles. The van der Waals surface area contributed by atoms with E-state index in [0.29, 0.717) is 5.75 Å². The van der Waals surface area contributed by atoms with Crippen LogP contribution in [0, 0.1) is 0 Å². The highest BCUT2D eigenvalue weighted by Gasteiger charge is 2.48. The minimum atomic E-state index is -4.34. The molecule has 0 radical (unpaired) electrons. The van der Waals surface area contributed by atoms with Crippen LogP contribution in [0.5, 0.6) is 5.75 Å². The lowest BCUT2D eigenvalue weighted by molar-refractivity contribution is -0.163. The topological polar surface area (TPSA) is 231 Å². The van der Waals surface area contributed by atoms with Crippen LogP contribution >= 0.6 is 6.72 Å². The van der Waals surface area contributed by atoms with Crippen molar-refractivity contribution in [2.24, 2.45) is 0 Å². The lowest BCUT2D eigenvalue weighted by Gasteiger charge is -2.22. The van der Waals surface area contributed by atoms with Gasteiger partial charge in [-0.05, 0) is 36.1 Å². The summed E-state index contributed by atoms with van der Waals surface area (Å²) in [5.41, 5.74) is 6.50. The molecule has 4 rings (SSSR count). The molecule has 1 aromatic carbocycles. The molecule has 216 valence electrons. The second-order valence-corrected chi connectivity index (χ2v) is 11.1. The summed E-state index contributed by atoms with van der Waals surface area (Å²) in [5, 5.41) is 20.2. The van der Waals surface area contributed by atoms with Crippen LogP contribution in [0.4, 0.5) is 5.82 Å². The number of Topliss-reactive ketones (excluding diaryl/α,β-unsaturated/α-hetero) is 1. The summed E-state index contributed by atoms with van der Waals surface area (Å²) >= 11 is 4.42. The first-order valence-electron chi connectivity index (χ1n) is 11.6. The fourth-order valence-electron chi connectivity index (χ4n) is 3.90. The van der Waals surface area contributed by atoms with Gasteiger partial charge in [0.2, 0.25) is 6.29 Å². The molecule has 0 amide bonds. The van der Waals surface area contributed by atoms with Crippen LogP contribution in [-0.4, -0.2) is 96.2 Å². The van der Waals surface area contributed by atoms with Gasteiger partial charge in [-0.15, -0.1) is 0 Å². The number of carbonyl (C=O) groups excluding carboxylic acids is 2. The molecule has 18 heteroatoms. The van der Waals surface area contributed by atoms with Crippen molar-refractivity contribution in [2.75, 3.05) is 26.1 Å². The summed E-state index contributed by atoms with van der Waals surface area (Å²) in [6.07, 6.45) is -5.09. The van der Waals surface area contributed by atoms with Crippen molar-refractivity contribution >= 4 is 47.3 Å². The number of hydrogen-bond acceptors (Lipinski definition) is 14. The number of carbonyl (C=O) groups is 2. The van der Waals surface area contributed by atoms with E-state index in [-0.39, 0.29) is 22.5 Å². The number of ether oxygens (including phenoxy) is 4. The summed E-state index contributed by atoms with van der Waals surface area (Å²) in [5.74, 6) is -1.03. The number of methoxy groups -OCH3 is 1. The van der Waals surface area contributed by atoms with Gasteiger partial charge in [0.05, 0.1) is 32.2 Å². The number of imidazole rings is 1. The Morgan fingerprint density at radius 1 is 1.23 bits per heavy atom. The number of nitrogens with two attached hydrogens (primary N) is 1. The van der Waals surface area contributed by atoms with Crippen LogP contribution in [0.25, 0.3) is 11.2 Å². The van der Waals surface area contributed by atoms with Crippen molar-refractivity contribution < 1.29 is 53.1 Å². The molecule has 40 heavy (non-hydrogen) atoms. The third-order valence-corrected chi connectivity index (χ3v) is 6.53. The number of aliphatic hydroxyl groups excluding tert-OH is 2. The van der Waals surface area contributed by atoms with Gasteiger partial charge in [0, 0.05) is 6.42 Å². The average molecular weight is 600 g/mol. The molecular formula is C22H26N5O11PS. The van der Waals surface area contributed by atoms with E-state index >= 15 is 0 Å². The number of anilines is 1. The number of ketones is 1. The maximum atomic E-state index is 13.0. The van der Waals surface area contributed by atoms with Crippen molar-refractivity contribution in [3.63, 3.8) is 0 Å². The first-order valence-corrected chi connectivity index (χ1v) is 14.3. The normalized spacial score (nSPS) is 21.8. The van der Waals surface area contributed by atoms with E-state index in [1.807, 2.05) is 0 Å². The molecule has 5 unspecified atom stereocenters. The maximum absolute atomic E-state index is 13.0. The van der Waals surface area contributed by atoms with Crippen LogP contribution in [0.1, 0.15) is 23.0 Å². The summed E-state index contributed by atoms with van der Waals surface area (Å²) in [4.78, 5) is 56.5. The maximum Gasteiger partial charge on any atom is 0.338 e. The molecule has 1 saturated heterocycles. The van der Waals surface area contributed by atoms with Crippen molar-refractivity contribution in [3.8, 4) is 5.75 Å². The molecule has 16 nitrogen and oxygen atoms in total. The van der Waals surface area contributed by atoms with E-state index in [2.05, 4.69) is 26.8 Å². The number of hydrogen-bond donors (Lipinski definition) is 5. The zero-order valence-electron chi connectivity index (χ0n) is 20.8. The first kappa shape index (κ1) is 29.9. The Hall–Kier alpha value is -3.12. The van der Waals surface area contributed by atoms with Gasteiger partial charge < -0.3 is 44.7 Å². The molecule has 0 spiro atoms. The molecule has 3 aromatic rings. The van der Waals surface area contributed by atoms with Crippen LogP contribution in [-0.2, 0) is 35.3 Å². The summed E-state index contributed by atoms with van der Waals surface area (Å²) in [6, 6.07) is 6.07. The largest absolute Gasteiger partial charge is 0.497 e. The van der Waals surface area contributed by atoms with Crippen molar-refractivity contribution in [3.05, 3.63) is 42.5 Å². The minimum Gasteiger partial charge on any atom is -0.497 e. The van der Waals surface area contributed by atoms with Crippen LogP contribution in [0.2, 0.25) is 0 Å². The highest BCUT2D eigenvalue weighted by atomic mass is 32.5. The van der Waals surface area contributed by atoms with Gasteiger partial charge in [-0.3, -0.25) is 13.9 Å². The number of fused-ring (bicyclic) bond motifs is 1. The smallest absolute Gasteiger partial charge is 0.338 e. The summed E-state index contributed by atoms with van der Waals surface area (Å²) in [6.45, 7) is -5.45. The fraction of sp³-hybridized carbons (Fsp3) is 0.409. The molecule has 3 heterocycles. The van der Waals surface area contributed by atoms with E-state index in [9.17, 15) is 24.5 Å². The van der Waals surface area contributed by atoms with E-state index in [1.165, 1.54) is 36.5 Å². The fourth-order valence-corrected chi connectivity index (χ4v) is 4.56. The second kappa shape index (κ2) is 12.6. The molecule has 6 N–H and O–H groups in total. The molecule has 1 fully saturated rings. The Bertz CT molecular complexity index is 1400. The Balaban J connectivity index is 1.60. The average Bonchev–Trinajstić information content (AvgIpc) is 3.48. The van der Waals surface area contributed by atoms with Crippen molar-refractivity contribution in [1.29, 1.82) is 0 Å². The quantitative estimate of drug-likeness (QED) is 0.0995. The predicted molar refractivity (Wildman–Crippen MR) is 138 cm³/mol. The number of esters is 1. The molecule has 1 aliphatic heterocycles.